The Morgan fingerprint density at radius 1 is 0.389 bits per heavy atom. The van der Waals surface area contributed by atoms with Crippen molar-refractivity contribution in [3.63, 3.8) is 0 Å². The molecule has 10 rings (SSSR count). The van der Waals surface area contributed by atoms with Gasteiger partial charge in [-0.2, -0.15) is 0 Å². The van der Waals surface area contributed by atoms with Gasteiger partial charge in [0, 0.05) is 36.3 Å². The third-order valence-electron chi connectivity index (χ3n) is 15.4. The van der Waals surface area contributed by atoms with Gasteiger partial charge >= 0.3 is 0 Å². The van der Waals surface area contributed by atoms with E-state index in [1.54, 1.807) is 0 Å². The summed E-state index contributed by atoms with van der Waals surface area (Å²) in [6.07, 6.45) is 14.5. The van der Waals surface area contributed by atoms with Crippen LogP contribution < -0.4 is 31.9 Å². The Morgan fingerprint density at radius 3 is 0.903 bits per heavy atom. The minimum Gasteiger partial charge on any atom is -0.392 e. The smallest absolute Gasteiger partial charge is 0.102 e. The van der Waals surface area contributed by atoms with Crippen molar-refractivity contribution in [3.8, 4) is 0 Å². The monoisotopic (exact) mass is 995 g/mol. The molecule has 72 heavy (non-hydrogen) atoms. The summed E-state index contributed by atoms with van der Waals surface area (Å²) in [5.41, 5.74) is 2.55. The van der Waals surface area contributed by atoms with Crippen molar-refractivity contribution in [1.29, 1.82) is 0 Å². The molecule has 12 nitrogen and oxygen atoms in total. The molecular weight excluding hydrogens is 901 g/mol. The molecule has 12 N–H and O–H groups in total. The first-order valence-electron chi connectivity index (χ1n) is 27.6. The molecule has 12 atom stereocenters. The van der Waals surface area contributed by atoms with Crippen LogP contribution in [0.4, 0.5) is 0 Å². The van der Waals surface area contributed by atoms with E-state index in [9.17, 15) is 30.6 Å². The summed E-state index contributed by atoms with van der Waals surface area (Å²) in [7, 11) is 0. The normalized spacial score (nSPS) is 26.6. The van der Waals surface area contributed by atoms with Crippen LogP contribution >= 0.6 is 0 Å². The summed E-state index contributed by atoms with van der Waals surface area (Å²) in [6.45, 7) is 14.1. The number of hydrogen-bond acceptors (Lipinski definition) is 12. The molecule has 0 radical (unpaired) electrons. The summed E-state index contributed by atoms with van der Waals surface area (Å²) in [5, 5.41) is 79.2. The number of nitrogens with one attached hydrogen (secondary N) is 6. The molecule has 0 saturated carbocycles. The fourth-order valence-electron chi connectivity index (χ4n) is 10.7. The van der Waals surface area contributed by atoms with Gasteiger partial charge in [-0.1, -0.05) is 135 Å². The van der Waals surface area contributed by atoms with Crippen LogP contribution in [-0.4, -0.2) is 118 Å². The summed E-state index contributed by atoms with van der Waals surface area (Å²) in [5.74, 6) is 0. The number of aliphatic hydroxyl groups excluding tert-OH is 4. The van der Waals surface area contributed by atoms with E-state index < -0.39 is 11.2 Å². The second-order valence-corrected chi connectivity index (χ2v) is 20.8. The van der Waals surface area contributed by atoms with Crippen LogP contribution in [0.1, 0.15) is 152 Å². The first-order valence-corrected chi connectivity index (χ1v) is 27.6. The SMILES string of the molecule is CC[C@@H](O)[C@@H]1CCCN1.CC[C@H](O)[C@H]1CCCN1.C[C@@](O)(c1ccccc1)[C@@H]1CCCN1.C[C@](O)(c1ccccc1)[C@H]1CCCN1.O[C@@H](c1ccccc1)[C@H]1CCCN1.O[C@H](c1ccccc1)C1CCCN1. The lowest BCUT2D eigenvalue weighted by molar-refractivity contribution is 0.0215. The molecule has 6 aliphatic rings. The molecule has 0 aromatic heterocycles. The topological polar surface area (TPSA) is 194 Å². The van der Waals surface area contributed by atoms with Gasteiger partial charge < -0.3 is 62.5 Å². The maximum absolute atomic E-state index is 10.4. The van der Waals surface area contributed by atoms with E-state index in [0.717, 1.165) is 126 Å². The zero-order valence-corrected chi connectivity index (χ0v) is 44.1. The van der Waals surface area contributed by atoms with Crippen LogP contribution in [0, 0.1) is 0 Å². The Bertz CT molecular complexity index is 1810. The quantitative estimate of drug-likeness (QED) is 0.0682. The molecule has 4 aromatic rings. The molecule has 6 heterocycles. The van der Waals surface area contributed by atoms with Gasteiger partial charge in [-0.25, -0.2) is 0 Å². The fraction of sp³-hybridized carbons (Fsp3) is 0.600. The van der Waals surface area contributed by atoms with Crippen LogP contribution in [0.3, 0.4) is 0 Å². The van der Waals surface area contributed by atoms with E-state index in [-0.39, 0.29) is 48.6 Å². The zero-order chi connectivity index (χ0) is 51.6. The predicted molar refractivity (Wildman–Crippen MR) is 294 cm³/mol. The third-order valence-corrected chi connectivity index (χ3v) is 15.4. The molecule has 1 unspecified atom stereocenters. The Balaban J connectivity index is 0.000000162. The van der Waals surface area contributed by atoms with Gasteiger partial charge in [0.05, 0.1) is 24.4 Å². The molecule has 6 aliphatic heterocycles. The first kappa shape index (κ1) is 59.3. The molecular formula is C60H94N6O6. The summed E-state index contributed by atoms with van der Waals surface area (Å²) < 4.78 is 0. The van der Waals surface area contributed by atoms with E-state index in [2.05, 4.69) is 31.9 Å². The van der Waals surface area contributed by atoms with Crippen molar-refractivity contribution >= 4 is 0 Å². The van der Waals surface area contributed by atoms with Gasteiger partial charge in [0.25, 0.3) is 0 Å². The molecule has 0 aliphatic carbocycles. The average Bonchev–Trinajstić information content (AvgIpc) is 4.29. The highest BCUT2D eigenvalue weighted by Gasteiger charge is 2.36. The van der Waals surface area contributed by atoms with E-state index in [0.29, 0.717) is 12.1 Å². The lowest BCUT2D eigenvalue weighted by Gasteiger charge is -2.30. The maximum Gasteiger partial charge on any atom is 0.102 e. The van der Waals surface area contributed by atoms with Crippen molar-refractivity contribution in [2.75, 3.05) is 39.3 Å². The van der Waals surface area contributed by atoms with Crippen molar-refractivity contribution in [3.05, 3.63) is 144 Å². The Hall–Kier alpha value is -3.60. The molecule has 0 bridgehead atoms. The van der Waals surface area contributed by atoms with Gasteiger partial charge in [-0.15, -0.1) is 0 Å². The molecule has 12 heteroatoms. The predicted octanol–water partition coefficient (Wildman–Crippen LogP) is 7.25. The van der Waals surface area contributed by atoms with E-state index >= 15 is 0 Å². The van der Waals surface area contributed by atoms with Gasteiger partial charge in [0.15, 0.2) is 0 Å². The fourth-order valence-corrected chi connectivity index (χ4v) is 10.7. The minimum absolute atomic E-state index is 0.118. The van der Waals surface area contributed by atoms with Crippen molar-refractivity contribution < 1.29 is 30.6 Å². The lowest BCUT2D eigenvalue weighted by Crippen LogP contribution is -2.42. The number of rotatable bonds is 12. The van der Waals surface area contributed by atoms with Crippen molar-refractivity contribution in [1.82, 2.24) is 31.9 Å². The van der Waals surface area contributed by atoms with Crippen LogP contribution in [0.2, 0.25) is 0 Å². The van der Waals surface area contributed by atoms with Crippen LogP contribution in [0.25, 0.3) is 0 Å². The summed E-state index contributed by atoms with van der Waals surface area (Å²) >= 11 is 0. The van der Waals surface area contributed by atoms with E-state index in [4.69, 9.17) is 0 Å². The molecule has 4 aromatic carbocycles. The second-order valence-electron chi connectivity index (χ2n) is 20.8. The first-order chi connectivity index (χ1) is 34.9. The van der Waals surface area contributed by atoms with Gasteiger partial charge in [-0.05, 0) is 165 Å². The Kier molecular flexibility index (Phi) is 26.3. The summed E-state index contributed by atoms with van der Waals surface area (Å²) in [4.78, 5) is 0. The van der Waals surface area contributed by atoms with Gasteiger partial charge in [0.1, 0.15) is 11.2 Å². The molecule has 6 saturated heterocycles. The minimum atomic E-state index is -0.738. The highest BCUT2D eigenvalue weighted by atomic mass is 16.3. The Morgan fingerprint density at radius 2 is 0.653 bits per heavy atom. The van der Waals surface area contributed by atoms with Gasteiger partial charge in [0.2, 0.25) is 0 Å². The zero-order valence-electron chi connectivity index (χ0n) is 44.1. The lowest BCUT2D eigenvalue weighted by atomic mass is 9.87. The molecule has 0 amide bonds. The second kappa shape index (κ2) is 32.0. The van der Waals surface area contributed by atoms with E-state index in [1.165, 1.54) is 25.7 Å². The van der Waals surface area contributed by atoms with Crippen LogP contribution in [0.5, 0.6) is 0 Å². The van der Waals surface area contributed by atoms with E-state index in [1.807, 2.05) is 149 Å². The largest absolute Gasteiger partial charge is 0.392 e. The summed E-state index contributed by atoms with van der Waals surface area (Å²) in [6, 6.07) is 41.2. The molecule has 6 fully saturated rings. The maximum atomic E-state index is 10.4. The number of aliphatic hydroxyl groups is 6. The van der Waals surface area contributed by atoms with Crippen molar-refractivity contribution in [2.24, 2.45) is 0 Å². The highest BCUT2D eigenvalue weighted by Crippen LogP contribution is 2.30. The van der Waals surface area contributed by atoms with Crippen molar-refractivity contribution in [2.45, 2.75) is 189 Å². The van der Waals surface area contributed by atoms with Crippen LogP contribution in [0.15, 0.2) is 121 Å². The number of hydrogen-bond donors (Lipinski definition) is 12. The van der Waals surface area contributed by atoms with Gasteiger partial charge in [-0.3, -0.25) is 0 Å². The number of benzene rings is 4. The Labute approximate surface area is 433 Å². The molecule has 0 spiro atoms. The molecule has 400 valence electrons. The van der Waals surface area contributed by atoms with Crippen LogP contribution in [-0.2, 0) is 11.2 Å². The standard InChI is InChI=1S/2C12H17NO.2C11H15NO.2C7H15NO/c2*1-12(14,11-8-5-9-13-11)10-6-3-2-4-7-10;2*13-11(10-7-4-8-12-10)9-5-2-1-3-6-9;2*1-2-7(9)6-4-3-5-8-6/h2*2-4,6-7,11,13-14H,5,8-9H2,1H3;2*1-3,5-6,10-13H,4,7-8H2;2*6-9H,2-5H2,1H3/t2*11-,12+;10?,11-;10-,11+;2*6-,7+/m101110/s1. The average molecular weight is 995 g/mol. The highest BCUT2D eigenvalue weighted by molar-refractivity contribution is 5.25. The third kappa shape index (κ3) is 19.0.